The molecule has 9 nitrogen and oxygen atoms in total. The Bertz CT molecular complexity index is 1530. The van der Waals surface area contributed by atoms with Crippen molar-refractivity contribution >= 4 is 21.7 Å². The summed E-state index contributed by atoms with van der Waals surface area (Å²) in [7, 11) is -3.95. The molecule has 0 bridgehead atoms. The molecule has 0 aliphatic carbocycles. The SMILES string of the molecule is CCOCc1cc(CNc2cc(CC)nc(C)n2)ccc1-c1ccccc1S(=O)(=O)Nc1noc(C)c1C. The Hall–Kier alpha value is -3.76. The maximum atomic E-state index is 13.4. The first-order valence-electron chi connectivity index (χ1n) is 12.5. The molecule has 0 fully saturated rings. The van der Waals surface area contributed by atoms with E-state index < -0.39 is 10.0 Å². The molecule has 0 amide bonds. The Balaban J connectivity index is 1.67. The predicted molar refractivity (Wildman–Crippen MR) is 147 cm³/mol. The van der Waals surface area contributed by atoms with Crippen LogP contribution in [0.5, 0.6) is 0 Å². The molecular weight excluding hydrogens is 502 g/mol. The normalized spacial score (nSPS) is 11.5. The van der Waals surface area contributed by atoms with Gasteiger partial charge in [0.25, 0.3) is 10.0 Å². The Morgan fingerprint density at radius 3 is 2.47 bits per heavy atom. The van der Waals surface area contributed by atoms with E-state index in [0.717, 1.165) is 40.4 Å². The summed E-state index contributed by atoms with van der Waals surface area (Å²) in [5, 5.41) is 7.23. The van der Waals surface area contributed by atoms with Crippen LogP contribution in [0.15, 0.2) is 57.9 Å². The van der Waals surface area contributed by atoms with Gasteiger partial charge >= 0.3 is 0 Å². The van der Waals surface area contributed by atoms with Crippen LogP contribution in [-0.2, 0) is 34.3 Å². The third-order valence-corrected chi connectivity index (χ3v) is 7.61. The average molecular weight is 536 g/mol. The molecule has 0 saturated heterocycles. The van der Waals surface area contributed by atoms with Crippen LogP contribution in [0.1, 0.15) is 47.8 Å². The number of rotatable bonds is 11. The van der Waals surface area contributed by atoms with Crippen LogP contribution in [0, 0.1) is 20.8 Å². The largest absolute Gasteiger partial charge is 0.377 e. The minimum absolute atomic E-state index is 0.146. The molecule has 0 unspecified atom stereocenters. The predicted octanol–water partition coefficient (Wildman–Crippen LogP) is 5.57. The lowest BCUT2D eigenvalue weighted by molar-refractivity contribution is 0.134. The van der Waals surface area contributed by atoms with Crippen LogP contribution < -0.4 is 10.0 Å². The molecule has 10 heteroatoms. The van der Waals surface area contributed by atoms with Crippen molar-refractivity contribution in [1.29, 1.82) is 0 Å². The van der Waals surface area contributed by atoms with E-state index in [1.165, 1.54) is 0 Å². The van der Waals surface area contributed by atoms with Crippen LogP contribution in [0.3, 0.4) is 0 Å². The highest BCUT2D eigenvalue weighted by atomic mass is 32.2. The van der Waals surface area contributed by atoms with Crippen LogP contribution in [0.25, 0.3) is 11.1 Å². The number of ether oxygens (including phenoxy) is 1. The maximum absolute atomic E-state index is 13.4. The van der Waals surface area contributed by atoms with Gasteiger partial charge in [-0.15, -0.1) is 0 Å². The monoisotopic (exact) mass is 535 g/mol. The number of nitrogens with zero attached hydrogens (tertiary/aromatic N) is 3. The van der Waals surface area contributed by atoms with Crippen molar-refractivity contribution in [2.24, 2.45) is 0 Å². The molecule has 0 spiro atoms. The molecule has 2 N–H and O–H groups in total. The Labute approximate surface area is 223 Å². The fourth-order valence-electron chi connectivity index (χ4n) is 4.06. The number of hydrogen-bond donors (Lipinski definition) is 2. The molecule has 0 aliphatic heterocycles. The zero-order chi connectivity index (χ0) is 27.3. The standard InChI is InChI=1S/C28H33N5O4S/c1-6-23-15-27(31-20(5)30-23)29-16-21-12-13-24(22(14-21)17-36-7-2)25-10-8-9-11-26(25)38(34,35)33-28-18(3)19(4)37-32-28/h8-15H,6-7,16-17H2,1-5H3,(H,32,33)(H,29,30,31). The first-order chi connectivity index (χ1) is 18.2. The van der Waals surface area contributed by atoms with Gasteiger partial charge in [0.15, 0.2) is 5.82 Å². The van der Waals surface area contributed by atoms with Gasteiger partial charge < -0.3 is 14.6 Å². The summed E-state index contributed by atoms with van der Waals surface area (Å²) in [5.41, 5.74) is 4.88. The Morgan fingerprint density at radius 2 is 1.76 bits per heavy atom. The van der Waals surface area contributed by atoms with Gasteiger partial charge in [-0.3, -0.25) is 4.72 Å². The van der Waals surface area contributed by atoms with E-state index in [1.807, 2.05) is 44.2 Å². The molecule has 0 radical (unpaired) electrons. The van der Waals surface area contributed by atoms with E-state index in [4.69, 9.17) is 9.26 Å². The molecule has 2 heterocycles. The van der Waals surface area contributed by atoms with Crippen molar-refractivity contribution in [3.05, 3.63) is 82.5 Å². The second-order valence-electron chi connectivity index (χ2n) is 8.94. The average Bonchev–Trinajstić information content (AvgIpc) is 3.22. The molecule has 0 atom stereocenters. The number of benzene rings is 2. The van der Waals surface area contributed by atoms with Crippen molar-refractivity contribution in [1.82, 2.24) is 15.1 Å². The third-order valence-electron chi connectivity index (χ3n) is 6.21. The van der Waals surface area contributed by atoms with Crippen molar-refractivity contribution in [3.8, 4) is 11.1 Å². The van der Waals surface area contributed by atoms with Crippen LogP contribution in [0.2, 0.25) is 0 Å². The fourth-order valence-corrected chi connectivity index (χ4v) is 5.34. The molecule has 38 heavy (non-hydrogen) atoms. The molecule has 4 aromatic rings. The minimum Gasteiger partial charge on any atom is -0.377 e. The fraction of sp³-hybridized carbons (Fsp3) is 0.321. The van der Waals surface area contributed by atoms with Gasteiger partial charge in [-0.05, 0) is 56.9 Å². The van der Waals surface area contributed by atoms with Crippen molar-refractivity contribution in [2.45, 2.75) is 59.1 Å². The molecule has 0 aliphatic rings. The lowest BCUT2D eigenvalue weighted by Gasteiger charge is -2.16. The van der Waals surface area contributed by atoms with Crippen LogP contribution in [0.4, 0.5) is 11.6 Å². The highest BCUT2D eigenvalue weighted by Gasteiger charge is 2.23. The summed E-state index contributed by atoms with van der Waals surface area (Å²) >= 11 is 0. The summed E-state index contributed by atoms with van der Waals surface area (Å²) in [6, 6.07) is 14.8. The molecular formula is C28H33N5O4S. The van der Waals surface area contributed by atoms with Gasteiger partial charge in [0.2, 0.25) is 0 Å². The topological polar surface area (TPSA) is 119 Å². The summed E-state index contributed by atoms with van der Waals surface area (Å²) in [5.74, 6) is 2.23. The highest BCUT2D eigenvalue weighted by Crippen LogP contribution is 2.33. The molecule has 2 aromatic carbocycles. The van der Waals surface area contributed by atoms with Gasteiger partial charge in [0.1, 0.15) is 17.4 Å². The second-order valence-corrected chi connectivity index (χ2v) is 10.6. The third kappa shape index (κ3) is 6.20. The first kappa shape index (κ1) is 27.3. The van der Waals surface area contributed by atoms with Gasteiger partial charge in [-0.25, -0.2) is 18.4 Å². The lowest BCUT2D eigenvalue weighted by Crippen LogP contribution is -2.15. The molecule has 200 valence electrons. The maximum Gasteiger partial charge on any atom is 0.263 e. The number of aryl methyl sites for hydroxylation is 3. The highest BCUT2D eigenvalue weighted by molar-refractivity contribution is 7.92. The lowest BCUT2D eigenvalue weighted by atomic mass is 9.97. The number of aromatic nitrogens is 3. The Kier molecular flexibility index (Phi) is 8.43. The van der Waals surface area contributed by atoms with Crippen molar-refractivity contribution < 1.29 is 17.7 Å². The zero-order valence-corrected chi connectivity index (χ0v) is 23.1. The van der Waals surface area contributed by atoms with Gasteiger partial charge in [0, 0.05) is 36.0 Å². The van der Waals surface area contributed by atoms with Crippen molar-refractivity contribution in [3.63, 3.8) is 0 Å². The number of sulfonamides is 1. The molecule has 2 aromatic heterocycles. The Morgan fingerprint density at radius 1 is 0.974 bits per heavy atom. The summed E-state index contributed by atoms with van der Waals surface area (Å²) < 4.78 is 40.4. The number of anilines is 2. The molecule has 4 rings (SSSR count). The summed E-state index contributed by atoms with van der Waals surface area (Å²) in [6.07, 6.45) is 0.832. The van der Waals surface area contributed by atoms with Crippen LogP contribution >= 0.6 is 0 Å². The van der Waals surface area contributed by atoms with E-state index in [2.05, 4.69) is 32.1 Å². The number of hydrogen-bond acceptors (Lipinski definition) is 8. The molecule has 0 saturated carbocycles. The minimum atomic E-state index is -3.95. The summed E-state index contributed by atoms with van der Waals surface area (Å²) in [6.45, 7) is 10.8. The van der Waals surface area contributed by atoms with Crippen molar-refractivity contribution in [2.75, 3.05) is 16.6 Å². The van der Waals surface area contributed by atoms with E-state index >= 15 is 0 Å². The van der Waals surface area contributed by atoms with E-state index in [-0.39, 0.29) is 10.7 Å². The van der Waals surface area contributed by atoms with E-state index in [0.29, 0.717) is 36.6 Å². The first-order valence-corrected chi connectivity index (χ1v) is 14.0. The zero-order valence-electron chi connectivity index (χ0n) is 22.3. The van der Waals surface area contributed by atoms with E-state index in [9.17, 15) is 8.42 Å². The van der Waals surface area contributed by atoms with Gasteiger partial charge in [-0.2, -0.15) is 0 Å². The van der Waals surface area contributed by atoms with Gasteiger partial charge in [-0.1, -0.05) is 48.5 Å². The smallest absolute Gasteiger partial charge is 0.263 e. The quantitative estimate of drug-likeness (QED) is 0.256. The van der Waals surface area contributed by atoms with E-state index in [1.54, 1.807) is 32.0 Å². The number of nitrogens with one attached hydrogen (secondary N) is 2. The summed E-state index contributed by atoms with van der Waals surface area (Å²) in [4.78, 5) is 9.06. The van der Waals surface area contributed by atoms with Gasteiger partial charge in [0.05, 0.1) is 11.5 Å². The van der Waals surface area contributed by atoms with Crippen LogP contribution in [-0.4, -0.2) is 30.1 Å². The second kappa shape index (κ2) is 11.7.